The maximum atomic E-state index is 10.6. The number of phenolic OH excluding ortho intramolecular Hbond substituents is 1. The van der Waals surface area contributed by atoms with E-state index >= 15 is 0 Å². The molecule has 2 heterocycles. The van der Waals surface area contributed by atoms with Crippen molar-refractivity contribution < 1.29 is 34.5 Å². The second-order valence-electron chi connectivity index (χ2n) is 10.5. The maximum absolute atomic E-state index is 10.6. The van der Waals surface area contributed by atoms with Gasteiger partial charge in [-0.15, -0.1) is 0 Å². The summed E-state index contributed by atoms with van der Waals surface area (Å²) in [5, 5.41) is 50.8. The number of hydrogen-bond donors (Lipinski definition) is 2. The number of benzene rings is 1. The molecule has 0 aromatic heterocycles. The predicted octanol–water partition coefficient (Wildman–Crippen LogP) is 2.82. The Labute approximate surface area is 216 Å². The van der Waals surface area contributed by atoms with Crippen molar-refractivity contribution in [3.63, 3.8) is 0 Å². The molecular formula is C24H28N4O10. The Morgan fingerprint density at radius 2 is 1.74 bits per heavy atom. The molecule has 6 rings (SSSR count). The molecule has 204 valence electrons. The molecule has 14 heteroatoms. The van der Waals surface area contributed by atoms with Gasteiger partial charge in [0.05, 0.1) is 46.2 Å². The number of rotatable bonds is 4. The lowest BCUT2D eigenvalue weighted by Gasteiger charge is -2.54. The van der Waals surface area contributed by atoms with Crippen LogP contribution < -0.4 is 0 Å². The second kappa shape index (κ2) is 9.29. The van der Waals surface area contributed by atoms with Crippen molar-refractivity contribution in [2.24, 2.45) is 17.3 Å². The molecule has 14 nitrogen and oxygen atoms in total. The summed E-state index contributed by atoms with van der Waals surface area (Å²) in [4.78, 5) is 30.3. The lowest BCUT2D eigenvalue weighted by Crippen LogP contribution is -2.57. The molecule has 38 heavy (non-hydrogen) atoms. The van der Waals surface area contributed by atoms with Crippen molar-refractivity contribution in [1.82, 2.24) is 4.90 Å². The highest BCUT2D eigenvalue weighted by atomic mass is 16.6. The van der Waals surface area contributed by atoms with Gasteiger partial charge in [-0.1, -0.05) is 11.6 Å². The van der Waals surface area contributed by atoms with Crippen LogP contribution in [0.15, 0.2) is 35.6 Å². The zero-order chi connectivity index (χ0) is 27.5. The Morgan fingerprint density at radius 1 is 1.08 bits per heavy atom. The number of ether oxygens (including phenoxy) is 2. The Hall–Kier alpha value is -3.62. The van der Waals surface area contributed by atoms with Crippen molar-refractivity contribution in [3.05, 3.63) is 66.0 Å². The normalized spacial score (nSPS) is 34.6. The van der Waals surface area contributed by atoms with Gasteiger partial charge in [0.15, 0.2) is 0 Å². The smallest absolute Gasteiger partial charge is 0.324 e. The first-order chi connectivity index (χ1) is 18.0. The quantitative estimate of drug-likeness (QED) is 0.428. The summed E-state index contributed by atoms with van der Waals surface area (Å²) in [6.45, 7) is 1.18. The van der Waals surface area contributed by atoms with Crippen molar-refractivity contribution in [3.8, 4) is 5.75 Å². The SMILES string of the molecule is COC1=CC=C2CC3N(C)CCC34CCC(O)C3OC1C2C34.O=[N+]([O-])c1cc([N+](=O)[O-])c(O)c([N+](=O)[O-])c1. The summed E-state index contributed by atoms with van der Waals surface area (Å²) in [6.07, 6.45) is 8.50. The number of phenols is 1. The number of hydrogen-bond acceptors (Lipinski definition) is 11. The third-order valence-electron chi connectivity index (χ3n) is 8.94. The first-order valence-corrected chi connectivity index (χ1v) is 12.3. The van der Waals surface area contributed by atoms with Crippen molar-refractivity contribution >= 4 is 17.1 Å². The van der Waals surface area contributed by atoms with E-state index in [2.05, 4.69) is 24.1 Å². The zero-order valence-corrected chi connectivity index (χ0v) is 20.8. The van der Waals surface area contributed by atoms with Gasteiger partial charge in [-0.25, -0.2) is 0 Å². The van der Waals surface area contributed by atoms with Gasteiger partial charge in [0.1, 0.15) is 11.9 Å². The second-order valence-corrected chi connectivity index (χ2v) is 10.5. The van der Waals surface area contributed by atoms with Gasteiger partial charge in [0.25, 0.3) is 11.4 Å². The summed E-state index contributed by atoms with van der Waals surface area (Å²) < 4.78 is 12.0. The van der Waals surface area contributed by atoms with E-state index in [1.54, 1.807) is 7.11 Å². The molecule has 0 amide bonds. The Balaban J connectivity index is 0.000000165. The molecule has 2 N–H and O–H groups in total. The van der Waals surface area contributed by atoms with Gasteiger partial charge in [-0.2, -0.15) is 0 Å². The summed E-state index contributed by atoms with van der Waals surface area (Å²) in [5.74, 6) is 0.605. The molecule has 1 aromatic carbocycles. The molecule has 7 atom stereocenters. The Morgan fingerprint density at radius 3 is 2.32 bits per heavy atom. The Bertz CT molecular complexity index is 1230. The van der Waals surface area contributed by atoms with E-state index in [1.165, 1.54) is 18.5 Å². The average Bonchev–Trinajstić information content (AvgIpc) is 3.44. The third kappa shape index (κ3) is 3.82. The number of likely N-dealkylation sites (tertiary alicyclic amines) is 1. The molecule has 1 aromatic rings. The van der Waals surface area contributed by atoms with E-state index in [9.17, 15) is 35.4 Å². The largest absolute Gasteiger partial charge is 0.498 e. The molecule has 0 radical (unpaired) electrons. The fourth-order valence-corrected chi connectivity index (χ4v) is 7.33. The van der Waals surface area contributed by atoms with Crippen LogP contribution >= 0.6 is 0 Å². The van der Waals surface area contributed by atoms with E-state index in [0.29, 0.717) is 35.4 Å². The predicted molar refractivity (Wildman–Crippen MR) is 130 cm³/mol. The van der Waals surface area contributed by atoms with Gasteiger partial charge in [-0.05, 0) is 50.8 Å². The molecule has 0 bridgehead atoms. The molecule has 3 aliphatic carbocycles. The zero-order valence-electron chi connectivity index (χ0n) is 20.8. The van der Waals surface area contributed by atoms with Crippen LogP contribution in [0.4, 0.5) is 17.1 Å². The molecule has 1 spiro atoms. The van der Waals surface area contributed by atoms with Gasteiger partial charge < -0.3 is 24.6 Å². The minimum atomic E-state index is -1.21. The molecular weight excluding hydrogens is 504 g/mol. The highest BCUT2D eigenvalue weighted by Gasteiger charge is 2.67. The van der Waals surface area contributed by atoms with Crippen LogP contribution in [0.5, 0.6) is 5.75 Å². The lowest BCUT2D eigenvalue weighted by molar-refractivity contribution is -0.404. The molecule has 7 unspecified atom stereocenters. The number of aromatic hydroxyl groups is 1. The standard InChI is InChI=1S/C18H25NO3.C6H3N3O7/c1-19-8-7-18-6-5-11(20)16-15(18)14-10(9-13(18)19)3-4-12(21-2)17(14)22-16;10-6-4(8(13)14)1-3(7(11)12)2-5(6)9(15)16/h3-4,11,13-17,20H,5-9H2,1-2H3;1-2,10H. The molecule has 2 saturated carbocycles. The molecule has 5 aliphatic rings. The number of nitrogens with zero attached hydrogens (tertiary/aromatic N) is 4. The van der Waals surface area contributed by atoms with E-state index in [-0.39, 0.29) is 18.3 Å². The molecule has 4 fully saturated rings. The topological polar surface area (TPSA) is 192 Å². The minimum Gasteiger partial charge on any atom is -0.498 e. The van der Waals surface area contributed by atoms with E-state index in [1.807, 2.05) is 0 Å². The summed E-state index contributed by atoms with van der Waals surface area (Å²) >= 11 is 0. The number of nitro groups is 3. The Kier molecular flexibility index (Phi) is 6.36. The van der Waals surface area contributed by atoms with E-state index in [0.717, 1.165) is 25.0 Å². The van der Waals surface area contributed by atoms with E-state index in [4.69, 9.17) is 14.6 Å². The number of allylic oxidation sites excluding steroid dienone is 2. The minimum absolute atomic E-state index is 0.0156. The van der Waals surface area contributed by atoms with Gasteiger partial charge >= 0.3 is 11.4 Å². The van der Waals surface area contributed by atoms with Crippen LogP contribution in [-0.4, -0.2) is 74.9 Å². The van der Waals surface area contributed by atoms with Gasteiger partial charge in [0.2, 0.25) is 0 Å². The van der Waals surface area contributed by atoms with Crippen LogP contribution in [0, 0.1) is 47.6 Å². The maximum Gasteiger partial charge on any atom is 0.324 e. The van der Waals surface area contributed by atoms with Crippen LogP contribution in [0.2, 0.25) is 0 Å². The monoisotopic (exact) mass is 532 g/mol. The van der Waals surface area contributed by atoms with Crippen LogP contribution in [0.3, 0.4) is 0 Å². The van der Waals surface area contributed by atoms with Gasteiger partial charge in [0, 0.05) is 17.9 Å². The van der Waals surface area contributed by atoms with Crippen molar-refractivity contribution in [2.75, 3.05) is 20.7 Å². The summed E-state index contributed by atoms with van der Waals surface area (Å²) in [6, 6.07) is 1.51. The average molecular weight is 533 g/mol. The highest BCUT2D eigenvalue weighted by Crippen LogP contribution is 2.65. The first-order valence-electron chi connectivity index (χ1n) is 12.3. The fourth-order valence-electron chi connectivity index (χ4n) is 7.33. The fraction of sp³-hybridized carbons (Fsp3) is 0.583. The van der Waals surface area contributed by atoms with E-state index < -0.39 is 37.6 Å². The number of nitro benzene ring substituents is 3. The van der Waals surface area contributed by atoms with Gasteiger partial charge in [-0.3, -0.25) is 30.3 Å². The van der Waals surface area contributed by atoms with Crippen LogP contribution in [0.25, 0.3) is 0 Å². The lowest BCUT2D eigenvalue weighted by atomic mass is 9.51. The number of aliphatic hydroxyl groups excluding tert-OH is 1. The molecule has 2 aliphatic heterocycles. The van der Waals surface area contributed by atoms with Crippen molar-refractivity contribution in [1.29, 1.82) is 0 Å². The van der Waals surface area contributed by atoms with Crippen LogP contribution in [-0.2, 0) is 9.47 Å². The number of methoxy groups -OCH3 is 1. The number of non-ortho nitro benzene ring substituents is 1. The van der Waals surface area contributed by atoms with Crippen LogP contribution in [0.1, 0.15) is 25.7 Å². The number of aliphatic hydroxyl groups is 1. The first kappa shape index (κ1) is 26.0. The summed E-state index contributed by atoms with van der Waals surface area (Å²) in [7, 11) is 4.00. The summed E-state index contributed by atoms with van der Waals surface area (Å²) in [5.41, 5.74) is -1.15. The molecule has 2 saturated heterocycles. The van der Waals surface area contributed by atoms with Crippen molar-refractivity contribution in [2.45, 2.75) is 50.0 Å². The highest BCUT2D eigenvalue weighted by molar-refractivity contribution is 5.64. The third-order valence-corrected chi connectivity index (χ3v) is 8.94.